The molecule has 0 aliphatic carbocycles. The minimum atomic E-state index is -0.807. The van der Waals surface area contributed by atoms with E-state index in [4.69, 9.17) is 21.1 Å². The number of imidazole rings is 1. The van der Waals surface area contributed by atoms with E-state index in [-0.39, 0.29) is 0 Å². The molecule has 34 heavy (non-hydrogen) atoms. The molecule has 7 heteroatoms. The maximum absolute atomic E-state index is 11.0. The molecule has 0 saturated carbocycles. The quantitative estimate of drug-likeness (QED) is 0.410. The van der Waals surface area contributed by atoms with E-state index in [0.717, 1.165) is 60.2 Å². The van der Waals surface area contributed by atoms with Gasteiger partial charge in [-0.15, -0.1) is 0 Å². The molecule has 3 aromatic rings. The number of benzene rings is 2. The van der Waals surface area contributed by atoms with Crippen LogP contribution in [0.5, 0.6) is 11.5 Å². The van der Waals surface area contributed by atoms with E-state index in [0.29, 0.717) is 26.1 Å². The van der Waals surface area contributed by atoms with Gasteiger partial charge in [-0.2, -0.15) is 0 Å². The highest BCUT2D eigenvalue weighted by atomic mass is 35.5. The fraction of sp³-hybridized carbons (Fsp3) is 0.444. The maximum Gasteiger partial charge on any atom is 0.120 e. The van der Waals surface area contributed by atoms with Gasteiger partial charge in [0.25, 0.3) is 0 Å². The summed E-state index contributed by atoms with van der Waals surface area (Å²) in [7, 11) is 0. The monoisotopic (exact) mass is 483 g/mol. The van der Waals surface area contributed by atoms with Crippen molar-refractivity contribution in [2.75, 3.05) is 26.3 Å². The van der Waals surface area contributed by atoms with Crippen molar-refractivity contribution in [2.24, 2.45) is 0 Å². The van der Waals surface area contributed by atoms with E-state index in [1.807, 2.05) is 50.6 Å². The van der Waals surface area contributed by atoms with E-state index in [9.17, 15) is 5.11 Å². The van der Waals surface area contributed by atoms with Crippen molar-refractivity contribution in [1.29, 1.82) is 0 Å². The Hall–Kier alpha value is -2.54. The SMILES string of the molecule is Cc1cc(OCC2(O)CCN(Cc3cccc(OCCCn4ccnc4)c3)CC2)cc(C)c1Cl. The zero-order chi connectivity index (χ0) is 24.0. The maximum atomic E-state index is 11.0. The number of hydrogen-bond donors (Lipinski definition) is 1. The molecular formula is C27H34ClN3O3. The molecule has 0 amide bonds. The number of aryl methyl sites for hydroxylation is 3. The Morgan fingerprint density at radius 2 is 1.82 bits per heavy atom. The lowest BCUT2D eigenvalue weighted by Crippen LogP contribution is -2.47. The number of rotatable bonds is 10. The fourth-order valence-corrected chi connectivity index (χ4v) is 4.44. The van der Waals surface area contributed by atoms with Gasteiger partial charge in [0.1, 0.15) is 23.7 Å². The van der Waals surface area contributed by atoms with E-state index < -0.39 is 5.60 Å². The van der Waals surface area contributed by atoms with Crippen LogP contribution in [0.2, 0.25) is 5.02 Å². The molecule has 1 aliphatic rings. The Kier molecular flexibility index (Phi) is 8.14. The molecule has 0 unspecified atom stereocenters. The molecule has 6 nitrogen and oxygen atoms in total. The van der Waals surface area contributed by atoms with Gasteiger partial charge in [-0.3, -0.25) is 4.90 Å². The number of halogens is 1. The number of nitrogens with zero attached hydrogens (tertiary/aromatic N) is 3. The summed E-state index contributed by atoms with van der Waals surface area (Å²) in [4.78, 5) is 6.44. The number of piperidine rings is 1. The summed E-state index contributed by atoms with van der Waals surface area (Å²) in [5, 5.41) is 11.8. The number of ether oxygens (including phenoxy) is 2. The van der Waals surface area contributed by atoms with Crippen molar-refractivity contribution in [1.82, 2.24) is 14.5 Å². The highest BCUT2D eigenvalue weighted by molar-refractivity contribution is 6.32. The fourth-order valence-electron chi connectivity index (χ4n) is 4.33. The highest BCUT2D eigenvalue weighted by Crippen LogP contribution is 2.29. The Balaban J connectivity index is 1.21. The van der Waals surface area contributed by atoms with Crippen molar-refractivity contribution in [3.63, 3.8) is 0 Å². The molecule has 0 bridgehead atoms. The van der Waals surface area contributed by atoms with E-state index in [1.54, 1.807) is 6.20 Å². The van der Waals surface area contributed by atoms with Gasteiger partial charge in [0.2, 0.25) is 0 Å². The molecule has 182 valence electrons. The molecule has 1 aromatic heterocycles. The smallest absolute Gasteiger partial charge is 0.120 e. The molecule has 1 aliphatic heterocycles. The number of aromatic nitrogens is 2. The Morgan fingerprint density at radius 1 is 1.06 bits per heavy atom. The molecule has 2 aromatic carbocycles. The summed E-state index contributed by atoms with van der Waals surface area (Å²) in [5.74, 6) is 1.66. The molecule has 1 N–H and O–H groups in total. The second-order valence-electron chi connectivity index (χ2n) is 9.31. The van der Waals surface area contributed by atoms with Crippen LogP contribution in [0.15, 0.2) is 55.1 Å². The summed E-state index contributed by atoms with van der Waals surface area (Å²) in [6.07, 6.45) is 7.88. The average molecular weight is 484 g/mol. The van der Waals surface area contributed by atoms with Crippen LogP contribution in [-0.2, 0) is 13.1 Å². The Morgan fingerprint density at radius 3 is 2.53 bits per heavy atom. The number of likely N-dealkylation sites (tertiary alicyclic amines) is 1. The summed E-state index contributed by atoms with van der Waals surface area (Å²) >= 11 is 6.25. The van der Waals surface area contributed by atoms with Crippen molar-refractivity contribution in [3.05, 3.63) is 76.8 Å². The first kappa shape index (κ1) is 24.6. The van der Waals surface area contributed by atoms with Crippen LogP contribution < -0.4 is 9.47 Å². The Bertz CT molecular complexity index is 1040. The number of aliphatic hydroxyl groups is 1. The predicted molar refractivity (Wildman–Crippen MR) is 135 cm³/mol. The zero-order valence-electron chi connectivity index (χ0n) is 20.0. The van der Waals surface area contributed by atoms with Crippen LogP contribution in [0.4, 0.5) is 0 Å². The minimum absolute atomic E-state index is 0.295. The lowest BCUT2D eigenvalue weighted by Gasteiger charge is -2.38. The van der Waals surface area contributed by atoms with Crippen molar-refractivity contribution in [2.45, 2.75) is 51.8 Å². The van der Waals surface area contributed by atoms with Gasteiger partial charge in [0, 0.05) is 43.6 Å². The van der Waals surface area contributed by atoms with Gasteiger partial charge in [-0.1, -0.05) is 23.7 Å². The topological polar surface area (TPSA) is 59.8 Å². The van der Waals surface area contributed by atoms with Crippen LogP contribution in [0, 0.1) is 13.8 Å². The summed E-state index contributed by atoms with van der Waals surface area (Å²) < 4.78 is 14.0. The molecule has 1 fully saturated rings. The molecule has 1 saturated heterocycles. The standard InChI is InChI=1S/C27H34ClN3O3/c1-21-15-25(16-22(2)26(21)28)34-19-27(32)7-11-30(12-8-27)18-23-5-3-6-24(17-23)33-14-4-10-31-13-9-29-20-31/h3,5-6,9,13,15-17,20,32H,4,7-8,10-12,14,18-19H2,1-2H3. The van der Waals surface area contributed by atoms with E-state index >= 15 is 0 Å². The van der Waals surface area contributed by atoms with E-state index in [2.05, 4.69) is 26.6 Å². The lowest BCUT2D eigenvalue weighted by molar-refractivity contribution is -0.0537. The van der Waals surface area contributed by atoms with Crippen LogP contribution in [0.25, 0.3) is 0 Å². The molecule has 0 spiro atoms. The second-order valence-corrected chi connectivity index (χ2v) is 9.69. The van der Waals surface area contributed by atoms with Crippen LogP contribution in [0.1, 0.15) is 36.0 Å². The summed E-state index contributed by atoms with van der Waals surface area (Å²) in [5.41, 5.74) is 2.39. The van der Waals surface area contributed by atoms with E-state index in [1.165, 1.54) is 5.56 Å². The highest BCUT2D eigenvalue weighted by Gasteiger charge is 2.33. The Labute approximate surface area is 207 Å². The van der Waals surface area contributed by atoms with Gasteiger partial charge in [-0.25, -0.2) is 4.98 Å². The predicted octanol–water partition coefficient (Wildman–Crippen LogP) is 5.03. The zero-order valence-corrected chi connectivity index (χ0v) is 20.8. The van der Waals surface area contributed by atoms with Gasteiger partial charge in [0.15, 0.2) is 0 Å². The first-order valence-corrected chi connectivity index (χ1v) is 12.3. The van der Waals surface area contributed by atoms with Crippen molar-refractivity contribution >= 4 is 11.6 Å². The average Bonchev–Trinajstić information content (AvgIpc) is 3.35. The first-order valence-electron chi connectivity index (χ1n) is 11.9. The molecule has 4 rings (SSSR count). The minimum Gasteiger partial charge on any atom is -0.494 e. The van der Waals surface area contributed by atoms with Gasteiger partial charge < -0.3 is 19.1 Å². The van der Waals surface area contributed by atoms with Gasteiger partial charge >= 0.3 is 0 Å². The third-order valence-corrected chi connectivity index (χ3v) is 6.99. The van der Waals surface area contributed by atoms with Gasteiger partial charge in [0.05, 0.1) is 12.9 Å². The molecule has 0 radical (unpaired) electrons. The molecular weight excluding hydrogens is 450 g/mol. The number of hydrogen-bond acceptors (Lipinski definition) is 5. The van der Waals surface area contributed by atoms with Crippen LogP contribution in [0.3, 0.4) is 0 Å². The normalized spacial score (nSPS) is 15.9. The third-order valence-electron chi connectivity index (χ3n) is 6.40. The second kappa shape index (κ2) is 11.3. The van der Waals surface area contributed by atoms with Gasteiger partial charge in [-0.05, 0) is 74.1 Å². The lowest BCUT2D eigenvalue weighted by atomic mass is 9.92. The molecule has 0 atom stereocenters. The summed E-state index contributed by atoms with van der Waals surface area (Å²) in [6, 6.07) is 12.2. The largest absolute Gasteiger partial charge is 0.494 e. The first-order chi connectivity index (χ1) is 16.4. The van der Waals surface area contributed by atoms with Crippen molar-refractivity contribution in [3.8, 4) is 11.5 Å². The van der Waals surface area contributed by atoms with Crippen molar-refractivity contribution < 1.29 is 14.6 Å². The molecule has 2 heterocycles. The summed E-state index contributed by atoms with van der Waals surface area (Å²) in [6.45, 7) is 8.31. The van der Waals surface area contributed by atoms with Crippen LogP contribution in [-0.4, -0.2) is 51.5 Å². The third kappa shape index (κ3) is 6.75. The van der Waals surface area contributed by atoms with Crippen LogP contribution >= 0.6 is 11.6 Å².